The van der Waals surface area contributed by atoms with E-state index in [9.17, 15) is 4.79 Å². The van der Waals surface area contributed by atoms with Crippen molar-refractivity contribution in [2.75, 3.05) is 0 Å². The first-order chi connectivity index (χ1) is 7.08. The Labute approximate surface area is 91.7 Å². The Morgan fingerprint density at radius 2 is 2.13 bits per heavy atom. The summed E-state index contributed by atoms with van der Waals surface area (Å²) < 4.78 is 5.34. The molecule has 2 fully saturated rings. The van der Waals surface area contributed by atoms with Gasteiger partial charge in [-0.25, -0.2) is 0 Å². The molecule has 15 heavy (non-hydrogen) atoms. The van der Waals surface area contributed by atoms with Gasteiger partial charge in [0.25, 0.3) is 0 Å². The zero-order valence-corrected chi connectivity index (χ0v) is 9.71. The molecule has 0 bridgehead atoms. The van der Waals surface area contributed by atoms with Crippen molar-refractivity contribution < 1.29 is 9.53 Å². The van der Waals surface area contributed by atoms with Gasteiger partial charge in [-0.2, -0.15) is 0 Å². The summed E-state index contributed by atoms with van der Waals surface area (Å²) in [6.45, 7) is 8.09. The molecule has 0 radical (unpaired) electrons. The molecule has 0 aromatic rings. The predicted octanol–water partition coefficient (Wildman–Crippen LogP) is 3.07. The van der Waals surface area contributed by atoms with Gasteiger partial charge < -0.3 is 4.74 Å². The number of rotatable bonds is 3. The number of esters is 1. The van der Waals surface area contributed by atoms with Gasteiger partial charge in [0.15, 0.2) is 0 Å². The fourth-order valence-electron chi connectivity index (χ4n) is 3.30. The summed E-state index contributed by atoms with van der Waals surface area (Å²) >= 11 is 0. The first-order valence-electron chi connectivity index (χ1n) is 5.94. The lowest BCUT2D eigenvalue weighted by Crippen LogP contribution is -2.61. The van der Waals surface area contributed by atoms with E-state index in [2.05, 4.69) is 20.4 Å². The number of cyclic esters (lactones) is 1. The third-order valence-corrected chi connectivity index (χ3v) is 4.40. The topological polar surface area (TPSA) is 26.3 Å². The molecular weight excluding hydrogens is 188 g/mol. The third kappa shape index (κ3) is 1.34. The highest BCUT2D eigenvalue weighted by Crippen LogP contribution is 2.55. The Morgan fingerprint density at radius 1 is 1.53 bits per heavy atom. The van der Waals surface area contributed by atoms with Gasteiger partial charge in [-0.1, -0.05) is 25.8 Å². The van der Waals surface area contributed by atoms with Crippen LogP contribution in [0.4, 0.5) is 0 Å². The van der Waals surface area contributed by atoms with Gasteiger partial charge >= 0.3 is 5.97 Å². The summed E-state index contributed by atoms with van der Waals surface area (Å²) in [6.07, 6.45) is 7.56. The second kappa shape index (κ2) is 3.36. The van der Waals surface area contributed by atoms with E-state index in [4.69, 9.17) is 4.74 Å². The highest BCUT2D eigenvalue weighted by Gasteiger charge is 2.61. The summed E-state index contributed by atoms with van der Waals surface area (Å²) in [4.78, 5) is 11.7. The van der Waals surface area contributed by atoms with Crippen molar-refractivity contribution in [3.63, 3.8) is 0 Å². The van der Waals surface area contributed by atoms with Crippen LogP contribution in [-0.2, 0) is 9.53 Å². The largest absolute Gasteiger partial charge is 0.458 e. The van der Waals surface area contributed by atoms with E-state index < -0.39 is 0 Å². The van der Waals surface area contributed by atoms with Gasteiger partial charge in [0.05, 0.1) is 0 Å². The minimum atomic E-state index is -0.240. The number of allylic oxidation sites excluding steroid dienone is 1. The lowest BCUT2D eigenvalue weighted by Gasteiger charge is -2.52. The van der Waals surface area contributed by atoms with E-state index in [0.29, 0.717) is 0 Å². The third-order valence-electron chi connectivity index (χ3n) is 4.40. The van der Waals surface area contributed by atoms with E-state index in [0.717, 1.165) is 19.3 Å². The zero-order chi connectivity index (χ0) is 11.1. The molecule has 84 valence electrons. The van der Waals surface area contributed by atoms with Crippen LogP contribution in [0.3, 0.4) is 0 Å². The smallest absolute Gasteiger partial charge is 0.314 e. The molecule has 0 amide bonds. The average Bonchev–Trinajstić information content (AvgIpc) is 2.66. The molecule has 1 aliphatic heterocycles. The van der Waals surface area contributed by atoms with Gasteiger partial charge in [0, 0.05) is 5.41 Å². The van der Waals surface area contributed by atoms with E-state index in [-0.39, 0.29) is 22.9 Å². The first-order valence-corrected chi connectivity index (χ1v) is 5.94. The Morgan fingerprint density at radius 3 is 2.53 bits per heavy atom. The van der Waals surface area contributed by atoms with Gasteiger partial charge in [-0.05, 0) is 26.2 Å². The van der Waals surface area contributed by atoms with Crippen LogP contribution in [0.2, 0.25) is 0 Å². The van der Waals surface area contributed by atoms with Crippen LogP contribution in [0.15, 0.2) is 12.7 Å². The molecule has 1 heterocycles. The fourth-order valence-corrected chi connectivity index (χ4v) is 3.30. The van der Waals surface area contributed by atoms with E-state index in [1.807, 2.05) is 6.08 Å². The molecule has 2 aliphatic rings. The lowest BCUT2D eigenvalue weighted by molar-refractivity contribution is -0.223. The molecular formula is C13H20O2. The second-order valence-corrected chi connectivity index (χ2v) is 5.16. The molecule has 2 atom stereocenters. The number of carbonyl (C=O) groups excluding carboxylic acids is 1. The quantitative estimate of drug-likeness (QED) is 0.526. The maximum Gasteiger partial charge on any atom is 0.314 e. The maximum absolute atomic E-state index is 11.7. The Balaban J connectivity index is 2.27. The number of hydrogen-bond donors (Lipinski definition) is 0. The first kappa shape index (κ1) is 10.7. The minimum absolute atomic E-state index is 0.0128. The van der Waals surface area contributed by atoms with Crippen molar-refractivity contribution in [1.82, 2.24) is 0 Å². The number of ether oxygens (including phenoxy) is 1. The van der Waals surface area contributed by atoms with Gasteiger partial charge in [0.2, 0.25) is 0 Å². The summed E-state index contributed by atoms with van der Waals surface area (Å²) in [5.74, 6) is 0.0381. The Kier molecular flexibility index (Phi) is 2.40. The van der Waals surface area contributed by atoms with Crippen molar-refractivity contribution in [2.24, 2.45) is 11.3 Å². The van der Waals surface area contributed by atoms with Gasteiger partial charge in [0.1, 0.15) is 11.5 Å². The van der Waals surface area contributed by atoms with Crippen LogP contribution in [0.25, 0.3) is 0 Å². The highest BCUT2D eigenvalue weighted by molar-refractivity contribution is 5.81. The summed E-state index contributed by atoms with van der Waals surface area (Å²) in [5.41, 5.74) is -0.213. The molecule has 1 aliphatic carbocycles. The monoisotopic (exact) mass is 208 g/mol. The van der Waals surface area contributed by atoms with Crippen LogP contribution in [0.1, 0.15) is 46.0 Å². The van der Waals surface area contributed by atoms with Crippen LogP contribution < -0.4 is 0 Å². The van der Waals surface area contributed by atoms with Crippen molar-refractivity contribution in [3.05, 3.63) is 12.7 Å². The van der Waals surface area contributed by atoms with Crippen molar-refractivity contribution >= 4 is 5.97 Å². The Bertz CT molecular complexity index is 289. The van der Waals surface area contributed by atoms with E-state index >= 15 is 0 Å². The molecule has 0 aromatic carbocycles. The van der Waals surface area contributed by atoms with Crippen LogP contribution >= 0.6 is 0 Å². The SMILES string of the molecule is C=CC1(C2C(=O)OC2(C)CC)CCCC1. The molecule has 1 saturated heterocycles. The van der Waals surface area contributed by atoms with E-state index in [1.54, 1.807) is 0 Å². The summed E-state index contributed by atoms with van der Waals surface area (Å²) in [7, 11) is 0. The number of hydrogen-bond acceptors (Lipinski definition) is 2. The second-order valence-electron chi connectivity index (χ2n) is 5.16. The molecule has 1 saturated carbocycles. The van der Waals surface area contributed by atoms with Crippen LogP contribution in [0, 0.1) is 11.3 Å². The van der Waals surface area contributed by atoms with Crippen molar-refractivity contribution in [2.45, 2.75) is 51.6 Å². The van der Waals surface area contributed by atoms with Crippen LogP contribution in [0.5, 0.6) is 0 Å². The average molecular weight is 208 g/mol. The molecule has 2 nitrogen and oxygen atoms in total. The highest BCUT2D eigenvalue weighted by atomic mass is 16.6. The van der Waals surface area contributed by atoms with Gasteiger partial charge in [-0.3, -0.25) is 4.79 Å². The zero-order valence-electron chi connectivity index (χ0n) is 9.71. The maximum atomic E-state index is 11.7. The van der Waals surface area contributed by atoms with Crippen molar-refractivity contribution in [1.29, 1.82) is 0 Å². The van der Waals surface area contributed by atoms with Gasteiger partial charge in [-0.15, -0.1) is 6.58 Å². The van der Waals surface area contributed by atoms with Crippen molar-refractivity contribution in [3.8, 4) is 0 Å². The fraction of sp³-hybridized carbons (Fsp3) is 0.769. The number of carbonyl (C=O) groups is 1. The standard InChI is InChI=1S/C13H20O2/c1-4-12(3)10(11(14)15-12)13(5-2)8-6-7-9-13/h5,10H,2,4,6-9H2,1,3H3. The normalized spacial score (nSPS) is 38.3. The predicted molar refractivity (Wildman–Crippen MR) is 59.4 cm³/mol. The summed E-state index contributed by atoms with van der Waals surface area (Å²) in [5, 5.41) is 0. The molecule has 0 spiro atoms. The molecule has 0 N–H and O–H groups in total. The molecule has 2 heteroatoms. The summed E-state index contributed by atoms with van der Waals surface area (Å²) in [6, 6.07) is 0. The Hall–Kier alpha value is -0.790. The van der Waals surface area contributed by atoms with E-state index in [1.165, 1.54) is 12.8 Å². The minimum Gasteiger partial charge on any atom is -0.458 e. The molecule has 2 rings (SSSR count). The molecule has 2 unspecified atom stereocenters. The lowest BCUT2D eigenvalue weighted by atomic mass is 9.63. The van der Waals surface area contributed by atoms with Crippen LogP contribution in [-0.4, -0.2) is 11.6 Å². The molecule has 0 aromatic heterocycles.